The van der Waals surface area contributed by atoms with Gasteiger partial charge in [-0.2, -0.15) is 0 Å². The van der Waals surface area contributed by atoms with Crippen molar-refractivity contribution in [2.75, 3.05) is 5.73 Å². The predicted octanol–water partition coefficient (Wildman–Crippen LogP) is 0.513. The number of rotatable bonds is 2. The number of carbonyl (C=O) groups is 1. The van der Waals surface area contributed by atoms with E-state index >= 15 is 0 Å². The van der Waals surface area contributed by atoms with E-state index < -0.39 is 5.97 Å². The molecule has 0 aliphatic rings. The van der Waals surface area contributed by atoms with E-state index in [0.717, 1.165) is 0 Å². The van der Waals surface area contributed by atoms with Crippen molar-refractivity contribution in [2.45, 2.75) is 0 Å². The van der Waals surface area contributed by atoms with Crippen molar-refractivity contribution in [3.05, 3.63) is 52.6 Å². The average molecular weight is 231 g/mol. The standard InChI is InChI=1S/C11H9N3O3/c12-9-3-2-8(5-13-9)14-6-7(11(16)17)1-4-10(14)15/h1-6H,(H2,12,13)(H,16,17). The third kappa shape index (κ3) is 2.15. The van der Waals surface area contributed by atoms with Crippen LogP contribution in [0.3, 0.4) is 0 Å². The number of nitrogens with zero attached hydrogens (tertiary/aromatic N) is 2. The highest BCUT2D eigenvalue weighted by atomic mass is 16.4. The highest BCUT2D eigenvalue weighted by molar-refractivity contribution is 5.87. The molecule has 6 nitrogen and oxygen atoms in total. The minimum atomic E-state index is -1.10. The lowest BCUT2D eigenvalue weighted by atomic mass is 10.3. The second-order valence-electron chi connectivity index (χ2n) is 3.37. The minimum absolute atomic E-state index is 0.0291. The maximum absolute atomic E-state index is 11.6. The van der Waals surface area contributed by atoms with Crippen molar-refractivity contribution >= 4 is 11.8 Å². The Morgan fingerprint density at radius 2 is 2.06 bits per heavy atom. The summed E-state index contributed by atoms with van der Waals surface area (Å²) >= 11 is 0. The number of carboxylic acids is 1. The monoisotopic (exact) mass is 231 g/mol. The molecule has 0 bridgehead atoms. The third-order valence-electron chi connectivity index (χ3n) is 2.21. The number of hydrogen-bond donors (Lipinski definition) is 2. The summed E-state index contributed by atoms with van der Waals surface area (Å²) in [5, 5.41) is 8.84. The predicted molar refractivity (Wildman–Crippen MR) is 61.2 cm³/mol. The van der Waals surface area contributed by atoms with Gasteiger partial charge in [0.25, 0.3) is 5.56 Å². The first-order valence-corrected chi connectivity index (χ1v) is 4.76. The number of pyridine rings is 2. The lowest BCUT2D eigenvalue weighted by molar-refractivity contribution is 0.0696. The van der Waals surface area contributed by atoms with Crippen LogP contribution in [0.25, 0.3) is 5.69 Å². The van der Waals surface area contributed by atoms with Crippen LogP contribution in [0, 0.1) is 0 Å². The molecule has 0 aliphatic heterocycles. The molecule has 2 heterocycles. The van der Waals surface area contributed by atoms with Crippen molar-refractivity contribution in [1.29, 1.82) is 0 Å². The van der Waals surface area contributed by atoms with E-state index in [-0.39, 0.29) is 11.1 Å². The van der Waals surface area contributed by atoms with Crippen molar-refractivity contribution in [3.63, 3.8) is 0 Å². The van der Waals surface area contributed by atoms with E-state index in [9.17, 15) is 9.59 Å². The maximum atomic E-state index is 11.6. The first-order valence-electron chi connectivity index (χ1n) is 4.76. The van der Waals surface area contributed by atoms with E-state index in [0.29, 0.717) is 11.5 Å². The molecule has 0 unspecified atom stereocenters. The molecular weight excluding hydrogens is 222 g/mol. The second kappa shape index (κ2) is 4.09. The largest absolute Gasteiger partial charge is 0.478 e. The lowest BCUT2D eigenvalue weighted by Crippen LogP contribution is -2.18. The Hall–Kier alpha value is -2.63. The van der Waals surface area contributed by atoms with Gasteiger partial charge in [0.15, 0.2) is 0 Å². The molecule has 0 saturated heterocycles. The maximum Gasteiger partial charge on any atom is 0.337 e. The molecular formula is C11H9N3O3. The number of hydrogen-bond acceptors (Lipinski definition) is 4. The van der Waals surface area contributed by atoms with Crippen LogP contribution >= 0.6 is 0 Å². The highest BCUT2D eigenvalue weighted by Gasteiger charge is 2.06. The third-order valence-corrected chi connectivity index (χ3v) is 2.21. The zero-order chi connectivity index (χ0) is 12.4. The molecule has 0 fully saturated rings. The summed E-state index contributed by atoms with van der Waals surface area (Å²) in [7, 11) is 0. The van der Waals surface area contributed by atoms with E-state index in [2.05, 4.69) is 4.98 Å². The van der Waals surface area contributed by atoms with Crippen LogP contribution in [0.2, 0.25) is 0 Å². The molecule has 86 valence electrons. The van der Waals surface area contributed by atoms with Gasteiger partial charge < -0.3 is 10.8 Å². The average Bonchev–Trinajstić information content (AvgIpc) is 2.31. The van der Waals surface area contributed by atoms with Gasteiger partial charge >= 0.3 is 5.97 Å². The van der Waals surface area contributed by atoms with Crippen molar-refractivity contribution < 1.29 is 9.90 Å². The van der Waals surface area contributed by atoms with Gasteiger partial charge in [0.2, 0.25) is 0 Å². The van der Waals surface area contributed by atoms with Crippen LogP contribution in [-0.4, -0.2) is 20.6 Å². The summed E-state index contributed by atoms with van der Waals surface area (Å²) in [5.41, 5.74) is 5.59. The topological polar surface area (TPSA) is 98.2 Å². The molecule has 2 aromatic rings. The fraction of sp³-hybridized carbons (Fsp3) is 0. The quantitative estimate of drug-likeness (QED) is 0.784. The van der Waals surface area contributed by atoms with Crippen LogP contribution < -0.4 is 11.3 Å². The van der Waals surface area contributed by atoms with Gasteiger partial charge in [0.05, 0.1) is 17.4 Å². The Morgan fingerprint density at radius 1 is 1.29 bits per heavy atom. The van der Waals surface area contributed by atoms with Crippen LogP contribution in [0.4, 0.5) is 5.82 Å². The highest BCUT2D eigenvalue weighted by Crippen LogP contribution is 2.06. The molecule has 2 rings (SSSR count). The molecule has 0 spiro atoms. The van der Waals surface area contributed by atoms with Crippen LogP contribution in [-0.2, 0) is 0 Å². The van der Waals surface area contributed by atoms with Gasteiger partial charge in [0, 0.05) is 12.3 Å². The Balaban J connectivity index is 2.58. The lowest BCUT2D eigenvalue weighted by Gasteiger charge is -2.05. The molecule has 0 aromatic carbocycles. The fourth-order valence-electron chi connectivity index (χ4n) is 1.36. The first-order chi connectivity index (χ1) is 8.08. The molecule has 3 N–H and O–H groups in total. The summed E-state index contributed by atoms with van der Waals surface area (Å²) < 4.78 is 1.20. The summed E-state index contributed by atoms with van der Waals surface area (Å²) in [6, 6.07) is 5.58. The Kier molecular flexibility index (Phi) is 2.61. The van der Waals surface area contributed by atoms with Gasteiger partial charge in [-0.05, 0) is 18.2 Å². The molecule has 6 heteroatoms. The number of carboxylic acid groups (broad SMARTS) is 1. The Labute approximate surface area is 96.0 Å². The summed E-state index contributed by atoms with van der Waals surface area (Å²) in [6.45, 7) is 0. The molecule has 2 aromatic heterocycles. The number of aromatic nitrogens is 2. The molecule has 17 heavy (non-hydrogen) atoms. The second-order valence-corrected chi connectivity index (χ2v) is 3.37. The van der Waals surface area contributed by atoms with Gasteiger partial charge in [0.1, 0.15) is 5.82 Å². The number of aromatic carboxylic acids is 1. The van der Waals surface area contributed by atoms with Crippen molar-refractivity contribution in [2.24, 2.45) is 0 Å². The molecule has 0 saturated carbocycles. The number of nitrogen functional groups attached to an aromatic ring is 1. The number of nitrogens with two attached hydrogens (primary N) is 1. The van der Waals surface area contributed by atoms with Crippen LogP contribution in [0.15, 0.2) is 41.5 Å². The van der Waals surface area contributed by atoms with Crippen molar-refractivity contribution in [1.82, 2.24) is 9.55 Å². The zero-order valence-corrected chi connectivity index (χ0v) is 8.70. The zero-order valence-electron chi connectivity index (χ0n) is 8.70. The SMILES string of the molecule is Nc1ccc(-n2cc(C(=O)O)ccc2=O)cn1. The van der Waals surface area contributed by atoms with E-state index in [4.69, 9.17) is 10.8 Å². The summed E-state index contributed by atoms with van der Waals surface area (Å²) in [4.78, 5) is 26.2. The Morgan fingerprint density at radius 3 is 2.65 bits per heavy atom. The van der Waals surface area contributed by atoms with Crippen LogP contribution in [0.1, 0.15) is 10.4 Å². The molecule has 0 amide bonds. The first kappa shape index (κ1) is 10.9. The fourth-order valence-corrected chi connectivity index (χ4v) is 1.36. The van der Waals surface area contributed by atoms with Gasteiger partial charge in [-0.25, -0.2) is 9.78 Å². The van der Waals surface area contributed by atoms with Gasteiger partial charge in [-0.1, -0.05) is 0 Å². The molecule has 0 radical (unpaired) electrons. The minimum Gasteiger partial charge on any atom is -0.478 e. The Bertz CT molecular complexity index is 617. The van der Waals surface area contributed by atoms with Crippen molar-refractivity contribution in [3.8, 4) is 5.69 Å². The van der Waals surface area contributed by atoms with Gasteiger partial charge in [-0.15, -0.1) is 0 Å². The smallest absolute Gasteiger partial charge is 0.337 e. The normalized spacial score (nSPS) is 10.1. The summed E-state index contributed by atoms with van der Waals surface area (Å²) in [6.07, 6.45) is 2.65. The summed E-state index contributed by atoms with van der Waals surface area (Å²) in [5.74, 6) is -0.765. The molecule has 0 aliphatic carbocycles. The van der Waals surface area contributed by atoms with E-state index in [1.165, 1.54) is 35.2 Å². The van der Waals surface area contributed by atoms with Gasteiger partial charge in [-0.3, -0.25) is 9.36 Å². The molecule has 0 atom stereocenters. The van der Waals surface area contributed by atoms with E-state index in [1.54, 1.807) is 6.07 Å². The number of anilines is 1. The van der Waals surface area contributed by atoms with Crippen LogP contribution in [0.5, 0.6) is 0 Å². The van der Waals surface area contributed by atoms with E-state index in [1.807, 2.05) is 0 Å².